The number of hydrogen-bond donors (Lipinski definition) is 1. The fraction of sp³-hybridized carbons (Fsp3) is 0.533. The highest BCUT2D eigenvalue weighted by Crippen LogP contribution is 2.28. The maximum atomic E-state index is 12.1. The molecule has 1 aliphatic carbocycles. The lowest BCUT2D eigenvalue weighted by atomic mass is 10.1. The van der Waals surface area contributed by atoms with E-state index in [0.717, 1.165) is 18.1 Å². The fourth-order valence-corrected chi connectivity index (χ4v) is 1.84. The molecule has 1 saturated carbocycles. The third kappa shape index (κ3) is 5.12. The summed E-state index contributed by atoms with van der Waals surface area (Å²) < 4.78 is 5.54. The molecule has 0 aliphatic heterocycles. The van der Waals surface area contributed by atoms with Gasteiger partial charge in [0, 0.05) is 32.3 Å². The first-order chi connectivity index (χ1) is 9.20. The summed E-state index contributed by atoms with van der Waals surface area (Å²) in [6.07, 6.45) is 2.59. The van der Waals surface area contributed by atoms with Crippen molar-refractivity contribution in [1.29, 1.82) is 0 Å². The van der Waals surface area contributed by atoms with E-state index in [9.17, 15) is 4.79 Å². The highest BCUT2D eigenvalue weighted by atomic mass is 35.5. The van der Waals surface area contributed by atoms with Gasteiger partial charge in [0.25, 0.3) is 5.91 Å². The second-order valence-electron chi connectivity index (χ2n) is 5.15. The van der Waals surface area contributed by atoms with E-state index in [2.05, 4.69) is 0 Å². The van der Waals surface area contributed by atoms with Crippen LogP contribution in [0.2, 0.25) is 0 Å². The molecule has 20 heavy (non-hydrogen) atoms. The number of halogens is 1. The molecule has 1 aliphatic rings. The van der Waals surface area contributed by atoms with Gasteiger partial charge in [-0.05, 0) is 36.5 Å². The Morgan fingerprint density at radius 1 is 1.35 bits per heavy atom. The number of hydrogen-bond acceptors (Lipinski definition) is 3. The van der Waals surface area contributed by atoms with E-state index in [0.29, 0.717) is 25.3 Å². The summed E-state index contributed by atoms with van der Waals surface area (Å²) in [5.74, 6) is 0.795. The van der Waals surface area contributed by atoms with Crippen LogP contribution in [0.25, 0.3) is 0 Å². The van der Waals surface area contributed by atoms with Gasteiger partial charge in [-0.15, -0.1) is 12.4 Å². The smallest absolute Gasteiger partial charge is 0.253 e. The van der Waals surface area contributed by atoms with Crippen molar-refractivity contribution in [3.05, 3.63) is 35.4 Å². The Kier molecular flexibility index (Phi) is 6.99. The second kappa shape index (κ2) is 8.25. The van der Waals surface area contributed by atoms with Gasteiger partial charge in [0.2, 0.25) is 0 Å². The Labute approximate surface area is 126 Å². The Bertz CT molecular complexity index is 418. The maximum Gasteiger partial charge on any atom is 0.253 e. The van der Waals surface area contributed by atoms with Gasteiger partial charge >= 0.3 is 0 Å². The third-order valence-corrected chi connectivity index (χ3v) is 3.40. The molecule has 5 heteroatoms. The number of benzene rings is 1. The SMILES string of the molecule is CN(CCOCC1CC1)C(=O)c1ccc(CN)cc1.Cl. The van der Waals surface area contributed by atoms with Gasteiger partial charge in [-0.3, -0.25) is 4.79 Å². The van der Waals surface area contributed by atoms with Crippen LogP contribution in [0.5, 0.6) is 0 Å². The minimum atomic E-state index is 0. The van der Waals surface area contributed by atoms with Crippen molar-refractivity contribution in [3.63, 3.8) is 0 Å². The zero-order valence-corrected chi connectivity index (χ0v) is 12.7. The summed E-state index contributed by atoms with van der Waals surface area (Å²) in [4.78, 5) is 13.8. The van der Waals surface area contributed by atoms with Crippen molar-refractivity contribution < 1.29 is 9.53 Å². The second-order valence-corrected chi connectivity index (χ2v) is 5.15. The van der Waals surface area contributed by atoms with E-state index in [4.69, 9.17) is 10.5 Å². The van der Waals surface area contributed by atoms with Crippen LogP contribution in [0, 0.1) is 5.92 Å². The number of ether oxygens (including phenoxy) is 1. The summed E-state index contributed by atoms with van der Waals surface area (Å²) in [6, 6.07) is 7.44. The van der Waals surface area contributed by atoms with Crippen molar-refractivity contribution >= 4 is 18.3 Å². The molecule has 0 spiro atoms. The molecule has 0 aromatic heterocycles. The van der Waals surface area contributed by atoms with Gasteiger partial charge in [0.05, 0.1) is 6.61 Å². The van der Waals surface area contributed by atoms with E-state index in [1.165, 1.54) is 12.8 Å². The molecule has 1 aromatic rings. The van der Waals surface area contributed by atoms with E-state index < -0.39 is 0 Å². The van der Waals surface area contributed by atoms with Crippen molar-refractivity contribution in [3.8, 4) is 0 Å². The molecule has 1 fully saturated rings. The van der Waals surface area contributed by atoms with Crippen LogP contribution in [0.1, 0.15) is 28.8 Å². The van der Waals surface area contributed by atoms with Crippen molar-refractivity contribution in [2.75, 3.05) is 26.8 Å². The largest absolute Gasteiger partial charge is 0.379 e. The molecule has 4 nitrogen and oxygen atoms in total. The van der Waals surface area contributed by atoms with Crippen LogP contribution in [0.4, 0.5) is 0 Å². The van der Waals surface area contributed by atoms with Crippen LogP contribution in [0.15, 0.2) is 24.3 Å². The quantitative estimate of drug-likeness (QED) is 0.784. The first kappa shape index (κ1) is 17.0. The molecule has 1 aromatic carbocycles. The molecule has 0 atom stereocenters. The Balaban J connectivity index is 0.00000200. The summed E-state index contributed by atoms with van der Waals surface area (Å²) in [6.45, 7) is 2.58. The molecule has 112 valence electrons. The average molecular weight is 299 g/mol. The number of likely N-dealkylation sites (N-methyl/N-ethyl adjacent to an activating group) is 1. The topological polar surface area (TPSA) is 55.6 Å². The van der Waals surface area contributed by atoms with E-state index >= 15 is 0 Å². The lowest BCUT2D eigenvalue weighted by Crippen LogP contribution is -2.30. The van der Waals surface area contributed by atoms with Crippen LogP contribution in [-0.2, 0) is 11.3 Å². The van der Waals surface area contributed by atoms with Gasteiger partial charge in [0.1, 0.15) is 0 Å². The molecule has 0 radical (unpaired) electrons. The number of nitrogens with two attached hydrogens (primary N) is 1. The zero-order chi connectivity index (χ0) is 13.7. The molecule has 0 bridgehead atoms. The number of amides is 1. The van der Waals surface area contributed by atoms with Gasteiger partial charge in [0.15, 0.2) is 0 Å². The van der Waals surface area contributed by atoms with Crippen LogP contribution >= 0.6 is 12.4 Å². The Hall–Kier alpha value is -1.10. The minimum Gasteiger partial charge on any atom is -0.379 e. The molecule has 0 heterocycles. The maximum absolute atomic E-state index is 12.1. The zero-order valence-electron chi connectivity index (χ0n) is 11.9. The van der Waals surface area contributed by atoms with Crippen molar-refractivity contribution in [2.24, 2.45) is 11.7 Å². The average Bonchev–Trinajstić information content (AvgIpc) is 3.27. The van der Waals surface area contributed by atoms with Gasteiger partial charge in [-0.25, -0.2) is 0 Å². The summed E-state index contributed by atoms with van der Waals surface area (Å²) in [5.41, 5.74) is 7.26. The fourth-order valence-electron chi connectivity index (χ4n) is 1.84. The first-order valence-electron chi connectivity index (χ1n) is 6.83. The van der Waals surface area contributed by atoms with E-state index in [-0.39, 0.29) is 18.3 Å². The summed E-state index contributed by atoms with van der Waals surface area (Å²) >= 11 is 0. The standard InChI is InChI=1S/C15H22N2O2.ClH/c1-17(8-9-19-11-13-2-3-13)15(18)14-6-4-12(10-16)5-7-14;/h4-7,13H,2-3,8-11,16H2,1H3;1H. The van der Waals surface area contributed by atoms with Gasteiger partial charge in [-0.2, -0.15) is 0 Å². The summed E-state index contributed by atoms with van der Waals surface area (Å²) in [7, 11) is 1.81. The predicted octanol–water partition coefficient (Wildman–Crippen LogP) is 2.07. The number of nitrogens with zero attached hydrogens (tertiary/aromatic N) is 1. The van der Waals surface area contributed by atoms with E-state index in [1.54, 1.807) is 11.9 Å². The van der Waals surface area contributed by atoms with Gasteiger partial charge < -0.3 is 15.4 Å². The van der Waals surface area contributed by atoms with Gasteiger partial charge in [-0.1, -0.05) is 12.1 Å². The monoisotopic (exact) mass is 298 g/mol. The predicted molar refractivity (Wildman–Crippen MR) is 82.1 cm³/mol. The van der Waals surface area contributed by atoms with Crippen LogP contribution in [-0.4, -0.2) is 37.6 Å². The summed E-state index contributed by atoms with van der Waals surface area (Å²) in [5, 5.41) is 0. The number of carbonyl (C=O) groups is 1. The number of rotatable bonds is 7. The molecule has 2 N–H and O–H groups in total. The molecular formula is C15H23ClN2O2. The normalized spacial score (nSPS) is 13.7. The number of carbonyl (C=O) groups excluding carboxylic acids is 1. The van der Waals surface area contributed by atoms with Crippen LogP contribution in [0.3, 0.4) is 0 Å². The third-order valence-electron chi connectivity index (χ3n) is 3.40. The molecular weight excluding hydrogens is 276 g/mol. The molecule has 2 rings (SSSR count). The molecule has 0 unspecified atom stereocenters. The minimum absolute atomic E-state index is 0. The van der Waals surface area contributed by atoms with E-state index in [1.807, 2.05) is 24.3 Å². The molecule has 0 saturated heterocycles. The lowest BCUT2D eigenvalue weighted by molar-refractivity contribution is 0.0681. The first-order valence-corrected chi connectivity index (χ1v) is 6.83. The van der Waals surface area contributed by atoms with Crippen molar-refractivity contribution in [1.82, 2.24) is 4.90 Å². The van der Waals surface area contributed by atoms with Crippen molar-refractivity contribution in [2.45, 2.75) is 19.4 Å². The lowest BCUT2D eigenvalue weighted by Gasteiger charge is -2.17. The van der Waals surface area contributed by atoms with Crippen LogP contribution < -0.4 is 5.73 Å². The highest BCUT2D eigenvalue weighted by Gasteiger charge is 2.21. The Morgan fingerprint density at radius 3 is 2.55 bits per heavy atom. The molecule has 1 amide bonds. The highest BCUT2D eigenvalue weighted by molar-refractivity contribution is 5.94. The Morgan fingerprint density at radius 2 is 2.00 bits per heavy atom.